The number of rotatable bonds is 1. The molecule has 2 aromatic heterocycles. The molecule has 3 N–H and O–H groups in total. The molecule has 0 bridgehead atoms. The predicted molar refractivity (Wildman–Crippen MR) is 97.2 cm³/mol. The van der Waals surface area contributed by atoms with E-state index < -0.39 is 11.9 Å². The number of aromatic nitrogens is 2. The Balaban J connectivity index is 1.78. The number of hydrogen-bond donors (Lipinski definition) is 3. The summed E-state index contributed by atoms with van der Waals surface area (Å²) >= 11 is 0. The van der Waals surface area contributed by atoms with Gasteiger partial charge < -0.3 is 24.6 Å². The Morgan fingerprint density at radius 3 is 2.93 bits per heavy atom. The molecule has 0 amide bonds. The molecular formula is C20H18N2O5. The third-order valence-corrected chi connectivity index (χ3v) is 5.65. The molecule has 138 valence electrons. The van der Waals surface area contributed by atoms with Gasteiger partial charge in [0.2, 0.25) is 0 Å². The summed E-state index contributed by atoms with van der Waals surface area (Å²) in [6.45, 7) is 2.05. The lowest BCUT2D eigenvalue weighted by atomic mass is 9.85. The van der Waals surface area contributed by atoms with Crippen LogP contribution < -0.4 is 5.56 Å². The second kappa shape index (κ2) is 5.39. The minimum absolute atomic E-state index is 0.0441. The fourth-order valence-corrected chi connectivity index (χ4v) is 4.09. The van der Waals surface area contributed by atoms with E-state index in [9.17, 15) is 20.1 Å². The highest BCUT2D eigenvalue weighted by molar-refractivity contribution is 5.85. The van der Waals surface area contributed by atoms with Crippen molar-refractivity contribution in [2.75, 3.05) is 0 Å². The first-order chi connectivity index (χ1) is 12.9. The summed E-state index contributed by atoms with van der Waals surface area (Å²) in [5.74, 6) is 0.159. The molecule has 0 aliphatic carbocycles. The topological polar surface area (TPSA) is 105 Å². The largest absolute Gasteiger partial charge is 0.508 e. The molecule has 7 nitrogen and oxygen atoms in total. The lowest BCUT2D eigenvalue weighted by Crippen LogP contribution is -2.47. The van der Waals surface area contributed by atoms with Gasteiger partial charge in [-0.1, -0.05) is 6.92 Å². The van der Waals surface area contributed by atoms with E-state index in [2.05, 4.69) is 4.98 Å². The van der Waals surface area contributed by atoms with Crippen LogP contribution in [0.2, 0.25) is 0 Å². The van der Waals surface area contributed by atoms with E-state index in [0.29, 0.717) is 34.6 Å². The normalized spacial score (nSPS) is 23.1. The highest BCUT2D eigenvalue weighted by Crippen LogP contribution is 2.40. The lowest BCUT2D eigenvalue weighted by Gasteiger charge is -2.37. The Bertz CT molecular complexity index is 1170. The number of phenols is 1. The van der Waals surface area contributed by atoms with Gasteiger partial charge in [0, 0.05) is 22.1 Å². The van der Waals surface area contributed by atoms with E-state index in [1.54, 1.807) is 35.8 Å². The van der Waals surface area contributed by atoms with Crippen LogP contribution in [0, 0.1) is 0 Å². The van der Waals surface area contributed by atoms with Crippen molar-refractivity contribution in [2.24, 2.45) is 0 Å². The van der Waals surface area contributed by atoms with E-state index in [1.165, 1.54) is 0 Å². The predicted octanol–water partition coefficient (Wildman–Crippen LogP) is 1.58. The van der Waals surface area contributed by atoms with Crippen LogP contribution in [0.25, 0.3) is 22.3 Å². The summed E-state index contributed by atoms with van der Waals surface area (Å²) in [7, 11) is 0. The van der Waals surface area contributed by atoms with Crippen molar-refractivity contribution >= 4 is 10.9 Å². The van der Waals surface area contributed by atoms with Gasteiger partial charge in [-0.25, -0.2) is 4.98 Å². The second-order valence-corrected chi connectivity index (χ2v) is 7.13. The fourth-order valence-electron chi connectivity index (χ4n) is 4.09. The molecule has 0 radical (unpaired) electrons. The average Bonchev–Trinajstić information content (AvgIpc) is 3.01. The Kier molecular flexibility index (Phi) is 3.28. The summed E-state index contributed by atoms with van der Waals surface area (Å²) in [5.41, 5.74) is 1.76. The van der Waals surface area contributed by atoms with Gasteiger partial charge >= 0.3 is 0 Å². The van der Waals surface area contributed by atoms with Gasteiger partial charge in [-0.05, 0) is 36.8 Å². The number of phenolic OH excluding ortho intramolecular Hbond substituents is 1. The smallest absolute Gasteiger partial charge is 0.257 e. The molecule has 2 atom stereocenters. The van der Waals surface area contributed by atoms with Crippen LogP contribution in [0.4, 0.5) is 0 Å². The SMILES string of the molecule is CC[C@]1(O)c2cc3n(c(=O)c2COC1O)Cc1cc2cc(O)ccc2nc1-3. The van der Waals surface area contributed by atoms with Crippen LogP contribution >= 0.6 is 0 Å². The van der Waals surface area contributed by atoms with E-state index in [-0.39, 0.29) is 24.3 Å². The van der Waals surface area contributed by atoms with Gasteiger partial charge in [-0.2, -0.15) is 0 Å². The number of benzene rings is 1. The maximum Gasteiger partial charge on any atom is 0.257 e. The highest BCUT2D eigenvalue weighted by Gasteiger charge is 2.44. The molecule has 27 heavy (non-hydrogen) atoms. The zero-order chi connectivity index (χ0) is 18.9. The quantitative estimate of drug-likeness (QED) is 0.472. The molecule has 2 aliphatic rings. The minimum atomic E-state index is -1.63. The van der Waals surface area contributed by atoms with Crippen LogP contribution in [-0.4, -0.2) is 31.2 Å². The molecule has 1 unspecified atom stereocenters. The molecule has 7 heteroatoms. The number of aromatic hydroxyl groups is 1. The van der Waals surface area contributed by atoms with E-state index in [0.717, 1.165) is 10.9 Å². The zero-order valence-corrected chi connectivity index (χ0v) is 14.6. The molecular weight excluding hydrogens is 348 g/mol. The fraction of sp³-hybridized carbons (Fsp3) is 0.300. The monoisotopic (exact) mass is 366 g/mol. The summed E-state index contributed by atoms with van der Waals surface area (Å²) in [6.07, 6.45) is -1.17. The lowest BCUT2D eigenvalue weighted by molar-refractivity contribution is -0.236. The van der Waals surface area contributed by atoms with Crippen molar-refractivity contribution in [1.82, 2.24) is 9.55 Å². The van der Waals surface area contributed by atoms with Crippen LogP contribution in [0.3, 0.4) is 0 Å². The van der Waals surface area contributed by atoms with Crippen LogP contribution in [0.1, 0.15) is 30.0 Å². The van der Waals surface area contributed by atoms with Gasteiger partial charge in [0.1, 0.15) is 11.4 Å². The number of fused-ring (bicyclic) bond motifs is 5. The molecule has 1 aromatic carbocycles. The molecule has 2 aliphatic heterocycles. The Morgan fingerprint density at radius 2 is 2.15 bits per heavy atom. The highest BCUT2D eigenvalue weighted by atomic mass is 16.6. The summed E-state index contributed by atoms with van der Waals surface area (Å²) in [4.78, 5) is 17.7. The number of nitrogens with zero attached hydrogens (tertiary/aromatic N) is 2. The molecule has 5 rings (SSSR count). The van der Waals surface area contributed by atoms with Gasteiger partial charge in [0.15, 0.2) is 6.29 Å². The Hall–Kier alpha value is -2.74. The van der Waals surface area contributed by atoms with Gasteiger partial charge in [-0.15, -0.1) is 0 Å². The second-order valence-electron chi connectivity index (χ2n) is 7.13. The molecule has 0 spiro atoms. The van der Waals surface area contributed by atoms with Crippen molar-refractivity contribution in [3.05, 3.63) is 57.4 Å². The van der Waals surface area contributed by atoms with E-state index in [1.807, 2.05) is 6.07 Å². The third kappa shape index (κ3) is 2.13. The maximum absolute atomic E-state index is 13.1. The average molecular weight is 366 g/mol. The summed E-state index contributed by atoms with van der Waals surface area (Å²) in [5, 5.41) is 31.6. The Labute approximate surface area is 154 Å². The summed E-state index contributed by atoms with van der Waals surface area (Å²) in [6, 6.07) is 8.60. The zero-order valence-electron chi connectivity index (χ0n) is 14.6. The number of ether oxygens (including phenoxy) is 1. The van der Waals surface area contributed by atoms with E-state index in [4.69, 9.17) is 4.74 Å². The minimum Gasteiger partial charge on any atom is -0.508 e. The third-order valence-electron chi connectivity index (χ3n) is 5.65. The Morgan fingerprint density at radius 1 is 1.33 bits per heavy atom. The van der Waals surface area contributed by atoms with Crippen molar-refractivity contribution in [1.29, 1.82) is 0 Å². The number of aliphatic hydroxyl groups excluding tert-OH is 1. The van der Waals surface area contributed by atoms with Crippen molar-refractivity contribution in [3.63, 3.8) is 0 Å². The molecule has 0 saturated carbocycles. The number of hydrogen-bond acceptors (Lipinski definition) is 6. The molecule has 0 saturated heterocycles. The first-order valence-corrected chi connectivity index (χ1v) is 8.84. The number of aliphatic hydroxyl groups is 2. The van der Waals surface area contributed by atoms with Gasteiger partial charge in [-0.3, -0.25) is 4.79 Å². The molecule has 3 aromatic rings. The van der Waals surface area contributed by atoms with Crippen molar-refractivity contribution in [3.8, 4) is 17.1 Å². The standard InChI is InChI=1S/C20H18N2O5/c1-2-20(26)14-7-16-17-11(5-10-6-12(23)3-4-15(10)21-17)8-22(16)18(24)13(14)9-27-19(20)25/h3-7,19,23,25-26H,2,8-9H2,1H3/t19?,20-/m0/s1. The van der Waals surface area contributed by atoms with Crippen molar-refractivity contribution < 1.29 is 20.1 Å². The first-order valence-electron chi connectivity index (χ1n) is 8.84. The van der Waals surface area contributed by atoms with Crippen molar-refractivity contribution in [2.45, 2.75) is 38.4 Å². The maximum atomic E-state index is 13.1. The van der Waals surface area contributed by atoms with Crippen LogP contribution in [0.5, 0.6) is 5.75 Å². The van der Waals surface area contributed by atoms with E-state index >= 15 is 0 Å². The van der Waals surface area contributed by atoms with Gasteiger partial charge in [0.25, 0.3) is 5.56 Å². The molecule has 4 heterocycles. The number of pyridine rings is 2. The molecule has 0 fully saturated rings. The summed E-state index contributed by atoms with van der Waals surface area (Å²) < 4.78 is 6.87. The first kappa shape index (κ1) is 16.4. The van der Waals surface area contributed by atoms with Crippen LogP contribution in [-0.2, 0) is 23.5 Å². The van der Waals surface area contributed by atoms with Crippen LogP contribution in [0.15, 0.2) is 35.1 Å². The van der Waals surface area contributed by atoms with Gasteiger partial charge in [0.05, 0.1) is 30.1 Å².